The van der Waals surface area contributed by atoms with E-state index in [9.17, 15) is 13.2 Å². The Kier molecular flexibility index (Phi) is 4.49. The zero-order valence-electron chi connectivity index (χ0n) is 15.1. The van der Waals surface area contributed by atoms with Crippen molar-refractivity contribution in [2.24, 2.45) is 0 Å². The van der Waals surface area contributed by atoms with Crippen LogP contribution in [0.3, 0.4) is 0 Å². The molecule has 28 heavy (non-hydrogen) atoms. The maximum Gasteiger partial charge on any atom is 0.214 e. The largest absolute Gasteiger partial charge is 0.497 e. The lowest BCUT2D eigenvalue weighted by Crippen LogP contribution is -2.25. The van der Waals surface area contributed by atoms with Crippen molar-refractivity contribution >= 4 is 27.0 Å². The van der Waals surface area contributed by atoms with E-state index < -0.39 is 15.6 Å². The number of anilines is 2. The molecule has 0 spiro atoms. The summed E-state index contributed by atoms with van der Waals surface area (Å²) in [7, 11) is -2.36. The second-order valence-corrected chi connectivity index (χ2v) is 8.11. The van der Waals surface area contributed by atoms with Crippen LogP contribution in [0.2, 0.25) is 0 Å². The average molecular weight is 391 g/mol. The quantitative estimate of drug-likeness (QED) is 0.619. The monoisotopic (exact) mass is 391 g/mol. The first-order chi connectivity index (χ1) is 13.5. The normalized spacial score (nSPS) is 14.8. The zero-order chi connectivity index (χ0) is 19.7. The maximum atomic E-state index is 13.2. The lowest BCUT2D eigenvalue weighted by molar-refractivity contribution is 0.104. The summed E-state index contributed by atoms with van der Waals surface area (Å²) in [4.78, 5) is 14.6. The van der Waals surface area contributed by atoms with Crippen molar-refractivity contribution in [3.8, 4) is 5.75 Å². The highest BCUT2D eigenvalue weighted by molar-refractivity contribution is 7.96. The first kappa shape index (κ1) is 18.0. The van der Waals surface area contributed by atoms with E-state index >= 15 is 0 Å². The van der Waals surface area contributed by atoms with Crippen molar-refractivity contribution in [2.45, 2.75) is 4.90 Å². The fourth-order valence-corrected chi connectivity index (χ4v) is 4.67. The van der Waals surface area contributed by atoms with Gasteiger partial charge in [-0.05, 0) is 36.4 Å². The number of nitrogens with zero attached hydrogens (tertiary/aromatic N) is 1. The van der Waals surface area contributed by atoms with Gasteiger partial charge in [-0.25, -0.2) is 8.42 Å². The fourth-order valence-electron chi connectivity index (χ4n) is 3.13. The summed E-state index contributed by atoms with van der Waals surface area (Å²) >= 11 is 0. The summed E-state index contributed by atoms with van der Waals surface area (Å²) in [5.41, 5.74) is 1.55. The van der Waals surface area contributed by atoms with Crippen molar-refractivity contribution in [3.63, 3.8) is 0 Å². The van der Waals surface area contributed by atoms with Gasteiger partial charge in [-0.3, -0.25) is 4.79 Å². The number of hydrogen-bond acceptors (Lipinski definition) is 5. The third-order valence-electron chi connectivity index (χ3n) is 4.56. The fraction of sp³-hybridized carbons (Fsp3) is 0.0455. The number of methoxy groups -OCH3 is 1. The Morgan fingerprint density at radius 2 is 1.50 bits per heavy atom. The molecule has 4 rings (SSSR count). The molecule has 0 bridgehead atoms. The van der Waals surface area contributed by atoms with Crippen LogP contribution in [-0.4, -0.2) is 21.3 Å². The molecule has 5 nitrogen and oxygen atoms in total. The number of sulfone groups is 1. The summed E-state index contributed by atoms with van der Waals surface area (Å²) in [6.45, 7) is 0. The summed E-state index contributed by atoms with van der Waals surface area (Å²) in [5, 5.41) is 0. The number of carbonyl (C=O) groups excluding carboxylic acids is 1. The average Bonchev–Trinajstić information content (AvgIpc) is 2.74. The van der Waals surface area contributed by atoms with Gasteiger partial charge >= 0.3 is 0 Å². The molecule has 0 aromatic heterocycles. The second kappa shape index (κ2) is 6.98. The van der Waals surface area contributed by atoms with Crippen LogP contribution in [-0.2, 0) is 9.84 Å². The predicted octanol–water partition coefficient (Wildman–Crippen LogP) is 4.34. The molecule has 0 unspecified atom stereocenters. The van der Waals surface area contributed by atoms with Crippen LogP contribution < -0.4 is 9.64 Å². The van der Waals surface area contributed by atoms with Gasteiger partial charge in [0.2, 0.25) is 15.6 Å². The van der Waals surface area contributed by atoms with Gasteiger partial charge in [-0.1, -0.05) is 42.5 Å². The van der Waals surface area contributed by atoms with E-state index in [1.165, 1.54) is 12.3 Å². The molecular weight excluding hydrogens is 374 g/mol. The van der Waals surface area contributed by atoms with E-state index in [2.05, 4.69) is 0 Å². The number of allylic oxidation sites excluding steroid dienone is 1. The van der Waals surface area contributed by atoms with Gasteiger partial charge < -0.3 is 9.64 Å². The van der Waals surface area contributed by atoms with Gasteiger partial charge in [-0.15, -0.1) is 0 Å². The number of hydrogen-bond donors (Lipinski definition) is 0. The van der Waals surface area contributed by atoms with E-state index in [0.717, 1.165) is 5.69 Å². The van der Waals surface area contributed by atoms with Crippen molar-refractivity contribution in [1.82, 2.24) is 0 Å². The minimum absolute atomic E-state index is 0.104. The Morgan fingerprint density at radius 1 is 0.857 bits per heavy atom. The Morgan fingerprint density at radius 3 is 2.18 bits per heavy atom. The van der Waals surface area contributed by atoms with Crippen LogP contribution in [0.4, 0.5) is 11.4 Å². The van der Waals surface area contributed by atoms with E-state index in [0.29, 0.717) is 17.0 Å². The minimum atomic E-state index is -3.94. The van der Waals surface area contributed by atoms with Gasteiger partial charge in [-0.2, -0.15) is 0 Å². The Balaban J connectivity index is 1.90. The van der Waals surface area contributed by atoms with E-state index in [1.54, 1.807) is 72.7 Å². The Bertz CT molecular complexity index is 1170. The molecule has 1 aliphatic heterocycles. The molecule has 0 N–H and O–H groups in total. The molecule has 3 aromatic rings. The third-order valence-corrected chi connectivity index (χ3v) is 6.35. The summed E-state index contributed by atoms with van der Waals surface area (Å²) < 4.78 is 31.5. The second-order valence-electron chi connectivity index (χ2n) is 6.23. The minimum Gasteiger partial charge on any atom is -0.497 e. The van der Waals surface area contributed by atoms with Crippen LogP contribution in [0.15, 0.2) is 94.9 Å². The highest BCUT2D eigenvalue weighted by atomic mass is 32.2. The number of rotatable bonds is 4. The SMILES string of the molecule is COc1ccc(N2C=C(C(=O)c3ccccc3)S(=O)(=O)c3ccccc32)cc1. The van der Waals surface area contributed by atoms with Gasteiger partial charge in [0.25, 0.3) is 0 Å². The number of Topliss-reactive ketones (excluding diaryl/α,β-unsaturated/α-hetero) is 1. The van der Waals surface area contributed by atoms with Crippen molar-refractivity contribution in [1.29, 1.82) is 0 Å². The number of carbonyl (C=O) groups is 1. The molecule has 0 aliphatic carbocycles. The van der Waals surface area contributed by atoms with Gasteiger partial charge in [0.05, 0.1) is 17.7 Å². The molecule has 0 radical (unpaired) electrons. The molecule has 3 aromatic carbocycles. The molecule has 0 saturated heterocycles. The van der Waals surface area contributed by atoms with Crippen LogP contribution in [0, 0.1) is 0 Å². The molecule has 1 heterocycles. The number of benzene rings is 3. The molecule has 0 atom stereocenters. The van der Waals surface area contributed by atoms with E-state index in [4.69, 9.17) is 4.74 Å². The molecule has 140 valence electrons. The van der Waals surface area contributed by atoms with Gasteiger partial charge in [0.15, 0.2) is 0 Å². The topological polar surface area (TPSA) is 63.7 Å². The van der Waals surface area contributed by atoms with Crippen molar-refractivity contribution in [3.05, 3.63) is 95.5 Å². The number of fused-ring (bicyclic) bond motifs is 1. The zero-order valence-corrected chi connectivity index (χ0v) is 15.9. The van der Waals surface area contributed by atoms with Gasteiger partial charge in [0, 0.05) is 17.5 Å². The molecule has 0 amide bonds. The highest BCUT2D eigenvalue weighted by Gasteiger charge is 2.35. The predicted molar refractivity (Wildman–Crippen MR) is 108 cm³/mol. The Hall–Kier alpha value is -3.38. The summed E-state index contributed by atoms with van der Waals surface area (Å²) in [6.07, 6.45) is 1.40. The lowest BCUT2D eigenvalue weighted by Gasteiger charge is -2.28. The first-order valence-electron chi connectivity index (χ1n) is 8.61. The smallest absolute Gasteiger partial charge is 0.214 e. The molecule has 0 saturated carbocycles. The molecular formula is C22H17NO4S. The van der Waals surface area contributed by atoms with Crippen molar-refractivity contribution < 1.29 is 17.9 Å². The number of para-hydroxylation sites is 1. The van der Waals surface area contributed by atoms with Crippen molar-refractivity contribution in [2.75, 3.05) is 12.0 Å². The summed E-state index contributed by atoms with van der Waals surface area (Å²) in [5.74, 6) is 0.153. The number of ketones is 1. The van der Waals surface area contributed by atoms with Crippen LogP contribution >= 0.6 is 0 Å². The van der Waals surface area contributed by atoms with E-state index in [1.807, 2.05) is 12.1 Å². The standard InChI is InChI=1S/C22H17NO4S/c1-27-18-13-11-17(12-14-18)23-15-21(22(24)16-7-3-2-4-8-16)28(25,26)20-10-6-5-9-19(20)23/h2-15H,1H3. The molecule has 0 fully saturated rings. The molecule has 1 aliphatic rings. The third kappa shape index (κ3) is 2.97. The number of ether oxygens (including phenoxy) is 1. The highest BCUT2D eigenvalue weighted by Crippen LogP contribution is 2.40. The van der Waals surface area contributed by atoms with Crippen LogP contribution in [0.1, 0.15) is 10.4 Å². The van der Waals surface area contributed by atoms with Crippen LogP contribution in [0.5, 0.6) is 5.75 Å². The first-order valence-corrected chi connectivity index (χ1v) is 10.1. The maximum absolute atomic E-state index is 13.2. The lowest BCUT2D eigenvalue weighted by atomic mass is 10.1. The molecule has 6 heteroatoms. The van der Waals surface area contributed by atoms with Gasteiger partial charge in [0.1, 0.15) is 10.7 Å². The Labute approximate surface area is 163 Å². The van der Waals surface area contributed by atoms with E-state index in [-0.39, 0.29) is 9.80 Å². The van der Waals surface area contributed by atoms with Crippen LogP contribution in [0.25, 0.3) is 0 Å². The summed E-state index contributed by atoms with van der Waals surface area (Å²) in [6, 6.07) is 22.3.